The molecule has 0 aliphatic heterocycles. The number of halogens is 3. The van der Waals surface area contributed by atoms with E-state index in [1.807, 2.05) is 0 Å². The average molecular weight is 307 g/mol. The number of aliphatic hydroxyl groups excluding tert-OH is 1. The van der Waals surface area contributed by atoms with Crippen molar-refractivity contribution in [2.45, 2.75) is 12.4 Å². The smallest absolute Gasteiger partial charge is 0.467 e. The summed E-state index contributed by atoms with van der Waals surface area (Å²) in [7, 11) is 1.08. The molecule has 0 aliphatic rings. The summed E-state index contributed by atoms with van der Waals surface area (Å²) in [6.07, 6.45) is -4.82. The normalized spacial score (nSPS) is 12.4. The molecule has 1 rings (SSSR count). The highest BCUT2D eigenvalue weighted by molar-refractivity contribution is 5.96. The minimum absolute atomic E-state index is 0.00752. The van der Waals surface area contributed by atoms with E-state index in [4.69, 9.17) is 5.11 Å². The highest BCUT2D eigenvalue weighted by Crippen LogP contribution is 2.22. The fourth-order valence-corrected chi connectivity index (χ4v) is 1.37. The van der Waals surface area contributed by atoms with Crippen LogP contribution in [0.5, 0.6) is 5.75 Å². The van der Waals surface area contributed by atoms with Gasteiger partial charge in [-0.25, -0.2) is 4.79 Å². The van der Waals surface area contributed by atoms with Gasteiger partial charge in [0.1, 0.15) is 5.75 Å². The van der Waals surface area contributed by atoms with Gasteiger partial charge in [-0.3, -0.25) is 4.79 Å². The number of hydrogen-bond acceptors (Lipinski definition) is 5. The van der Waals surface area contributed by atoms with Gasteiger partial charge in [0.05, 0.1) is 13.7 Å². The Kier molecular flexibility index (Phi) is 5.53. The van der Waals surface area contributed by atoms with Crippen molar-refractivity contribution < 1.29 is 37.3 Å². The maximum atomic E-state index is 12.0. The number of alkyl halides is 3. The number of hydrogen-bond donors (Lipinski definition) is 2. The maximum Gasteiger partial charge on any atom is 0.573 e. The van der Waals surface area contributed by atoms with Crippen molar-refractivity contribution in [3.8, 4) is 5.75 Å². The molecule has 0 radical (unpaired) electrons. The molecule has 0 aromatic heterocycles. The van der Waals surface area contributed by atoms with Gasteiger partial charge >= 0.3 is 12.3 Å². The zero-order valence-corrected chi connectivity index (χ0v) is 10.8. The average Bonchev–Trinajstić information content (AvgIpc) is 2.42. The number of amides is 1. The van der Waals surface area contributed by atoms with Crippen molar-refractivity contribution in [2.75, 3.05) is 13.7 Å². The number of benzene rings is 1. The van der Waals surface area contributed by atoms with E-state index in [2.05, 4.69) is 14.8 Å². The summed E-state index contributed by atoms with van der Waals surface area (Å²) >= 11 is 0. The minimum Gasteiger partial charge on any atom is -0.467 e. The molecule has 1 amide bonds. The second-order valence-corrected chi connectivity index (χ2v) is 3.80. The largest absolute Gasteiger partial charge is 0.573 e. The monoisotopic (exact) mass is 307 g/mol. The van der Waals surface area contributed by atoms with Crippen molar-refractivity contribution >= 4 is 11.9 Å². The third kappa shape index (κ3) is 5.30. The van der Waals surface area contributed by atoms with Gasteiger partial charge < -0.3 is 19.9 Å². The van der Waals surface area contributed by atoms with Gasteiger partial charge in [0.25, 0.3) is 5.91 Å². The standard InChI is InChI=1S/C12H12F3NO5/c1-20-11(19)9(6-17)16-10(18)7-2-4-8(5-3-7)21-12(13,14)15/h2-5,9,17H,6H2,1H3,(H,16,18)/t9-/m0/s1. The molecule has 0 unspecified atom stereocenters. The quantitative estimate of drug-likeness (QED) is 0.788. The molecule has 1 aromatic rings. The SMILES string of the molecule is COC(=O)[C@H](CO)NC(=O)c1ccc(OC(F)(F)F)cc1. The van der Waals surface area contributed by atoms with E-state index < -0.39 is 36.6 Å². The van der Waals surface area contributed by atoms with Gasteiger partial charge in [-0.05, 0) is 24.3 Å². The van der Waals surface area contributed by atoms with Crippen LogP contribution >= 0.6 is 0 Å². The number of nitrogens with one attached hydrogen (secondary N) is 1. The predicted molar refractivity (Wildman–Crippen MR) is 63.5 cm³/mol. The second kappa shape index (κ2) is 6.93. The second-order valence-electron chi connectivity index (χ2n) is 3.80. The van der Waals surface area contributed by atoms with Crippen LogP contribution in [0.1, 0.15) is 10.4 Å². The Labute approximate surface area is 117 Å². The molecular formula is C12H12F3NO5. The first-order chi connectivity index (χ1) is 9.76. The minimum atomic E-state index is -4.82. The van der Waals surface area contributed by atoms with E-state index in [9.17, 15) is 22.8 Å². The molecule has 0 fully saturated rings. The summed E-state index contributed by atoms with van der Waals surface area (Å²) in [5.41, 5.74) is -0.00752. The van der Waals surface area contributed by atoms with Crippen LogP contribution < -0.4 is 10.1 Å². The third-order valence-corrected chi connectivity index (χ3v) is 2.32. The van der Waals surface area contributed by atoms with Crippen LogP contribution in [-0.2, 0) is 9.53 Å². The van der Waals surface area contributed by atoms with E-state index in [0.717, 1.165) is 31.4 Å². The van der Waals surface area contributed by atoms with Crippen LogP contribution in [0, 0.1) is 0 Å². The molecular weight excluding hydrogens is 295 g/mol. The number of ether oxygens (including phenoxy) is 2. The molecule has 0 spiro atoms. The first-order valence-corrected chi connectivity index (χ1v) is 5.62. The summed E-state index contributed by atoms with van der Waals surface area (Å²) in [6, 6.07) is 2.82. The molecule has 0 aliphatic carbocycles. The zero-order chi connectivity index (χ0) is 16.0. The Balaban J connectivity index is 2.73. The molecule has 2 N–H and O–H groups in total. The van der Waals surface area contributed by atoms with Crippen molar-refractivity contribution in [1.29, 1.82) is 0 Å². The summed E-state index contributed by atoms with van der Waals surface area (Å²) in [5.74, 6) is -2.08. The predicted octanol–water partition coefficient (Wildman–Crippen LogP) is 0.849. The molecule has 0 heterocycles. The molecule has 0 saturated carbocycles. The lowest BCUT2D eigenvalue weighted by Gasteiger charge is -2.14. The fraction of sp³-hybridized carbons (Fsp3) is 0.333. The molecule has 0 bridgehead atoms. The molecule has 1 aromatic carbocycles. The van der Waals surface area contributed by atoms with Crippen molar-refractivity contribution in [2.24, 2.45) is 0 Å². The van der Waals surface area contributed by atoms with Crippen LogP contribution in [0.4, 0.5) is 13.2 Å². The zero-order valence-electron chi connectivity index (χ0n) is 10.8. The van der Waals surface area contributed by atoms with Gasteiger partial charge in [-0.1, -0.05) is 0 Å². The maximum absolute atomic E-state index is 12.0. The van der Waals surface area contributed by atoms with Gasteiger partial charge in [-0.2, -0.15) is 0 Å². The van der Waals surface area contributed by atoms with Crippen LogP contribution in [0.25, 0.3) is 0 Å². The lowest BCUT2D eigenvalue weighted by molar-refractivity contribution is -0.274. The molecule has 116 valence electrons. The topological polar surface area (TPSA) is 84.9 Å². The Morgan fingerprint density at radius 3 is 2.29 bits per heavy atom. The Bertz CT molecular complexity index is 501. The molecule has 0 saturated heterocycles. The van der Waals surface area contributed by atoms with Crippen LogP contribution in [0.3, 0.4) is 0 Å². The van der Waals surface area contributed by atoms with Gasteiger partial charge in [-0.15, -0.1) is 13.2 Å². The number of carbonyl (C=O) groups excluding carboxylic acids is 2. The van der Waals surface area contributed by atoms with Crippen LogP contribution in [0.2, 0.25) is 0 Å². The van der Waals surface area contributed by atoms with E-state index in [0.29, 0.717) is 0 Å². The van der Waals surface area contributed by atoms with E-state index in [-0.39, 0.29) is 5.56 Å². The summed E-state index contributed by atoms with van der Waals surface area (Å²) in [4.78, 5) is 22.9. The number of aliphatic hydroxyl groups is 1. The summed E-state index contributed by atoms with van der Waals surface area (Å²) in [6.45, 7) is -0.673. The molecule has 21 heavy (non-hydrogen) atoms. The van der Waals surface area contributed by atoms with Crippen LogP contribution in [-0.4, -0.2) is 43.1 Å². The number of carbonyl (C=O) groups is 2. The third-order valence-electron chi connectivity index (χ3n) is 2.32. The number of methoxy groups -OCH3 is 1. The number of rotatable bonds is 5. The Morgan fingerprint density at radius 2 is 1.86 bits per heavy atom. The first-order valence-electron chi connectivity index (χ1n) is 5.62. The van der Waals surface area contributed by atoms with E-state index >= 15 is 0 Å². The van der Waals surface area contributed by atoms with E-state index in [1.165, 1.54) is 0 Å². The van der Waals surface area contributed by atoms with Gasteiger partial charge in [0, 0.05) is 5.56 Å². The lowest BCUT2D eigenvalue weighted by atomic mass is 10.2. The van der Waals surface area contributed by atoms with Crippen molar-refractivity contribution in [1.82, 2.24) is 5.32 Å². The van der Waals surface area contributed by atoms with Crippen molar-refractivity contribution in [3.05, 3.63) is 29.8 Å². The summed E-state index contributed by atoms with van der Waals surface area (Å²) < 4.78 is 43.9. The highest BCUT2D eigenvalue weighted by Gasteiger charge is 2.31. The molecule has 1 atom stereocenters. The Hall–Kier alpha value is -2.29. The Morgan fingerprint density at radius 1 is 1.29 bits per heavy atom. The number of esters is 1. The summed E-state index contributed by atoms with van der Waals surface area (Å²) in [5, 5.41) is 11.1. The van der Waals surface area contributed by atoms with Crippen LogP contribution in [0.15, 0.2) is 24.3 Å². The molecule has 9 heteroatoms. The highest BCUT2D eigenvalue weighted by atomic mass is 19.4. The van der Waals surface area contributed by atoms with Gasteiger partial charge in [0.15, 0.2) is 6.04 Å². The molecule has 6 nitrogen and oxygen atoms in total. The van der Waals surface area contributed by atoms with Crippen molar-refractivity contribution in [3.63, 3.8) is 0 Å². The lowest BCUT2D eigenvalue weighted by Crippen LogP contribution is -2.44. The van der Waals surface area contributed by atoms with Gasteiger partial charge in [0.2, 0.25) is 0 Å². The van der Waals surface area contributed by atoms with E-state index in [1.54, 1.807) is 0 Å². The first kappa shape index (κ1) is 16.8. The fourth-order valence-electron chi connectivity index (χ4n) is 1.37.